The number of tetrazole rings is 2. The molecule has 0 bridgehead atoms. The second-order valence-electron chi connectivity index (χ2n) is 16.3. The van der Waals surface area contributed by atoms with Gasteiger partial charge in [-0.3, -0.25) is 9.59 Å². The number of rotatable bonds is 14. The highest BCUT2D eigenvalue weighted by molar-refractivity contribution is 7.89. The predicted octanol–water partition coefficient (Wildman–Crippen LogP) is 3.44. The Kier molecular flexibility index (Phi) is 14.4. The van der Waals surface area contributed by atoms with Gasteiger partial charge in [0.2, 0.25) is 31.7 Å². The van der Waals surface area contributed by atoms with Crippen LogP contribution in [-0.2, 0) is 33.1 Å². The molecule has 2 aliphatic heterocycles. The van der Waals surface area contributed by atoms with Crippen molar-refractivity contribution in [3.8, 4) is 28.8 Å². The van der Waals surface area contributed by atoms with Crippen LogP contribution in [-0.4, -0.2) is 130 Å². The number of anilines is 2. The summed E-state index contributed by atoms with van der Waals surface area (Å²) >= 11 is 0. The van der Waals surface area contributed by atoms with Gasteiger partial charge >= 0.3 is 0 Å². The quantitative estimate of drug-likeness (QED) is 0.122. The molecule has 0 aliphatic carbocycles. The van der Waals surface area contributed by atoms with E-state index in [0.29, 0.717) is 40.7 Å². The zero-order chi connectivity index (χ0) is 49.2. The van der Waals surface area contributed by atoms with Crippen LogP contribution < -0.4 is 15.4 Å². The Hall–Kier alpha value is -6.71. The summed E-state index contributed by atoms with van der Waals surface area (Å²) in [5.41, 5.74) is 1.29. The lowest BCUT2D eigenvalue weighted by atomic mass is 10.1. The number of carbonyl (C=O) groups is 2. The number of aliphatic hydroxyl groups is 2. The molecule has 0 fully saturated rings. The summed E-state index contributed by atoms with van der Waals surface area (Å²) in [6, 6.07) is 13.5. The molecular formula is C42H49FN14O9S2. The molecule has 2 amide bonds. The van der Waals surface area contributed by atoms with Crippen molar-refractivity contribution < 1.29 is 45.8 Å². The van der Waals surface area contributed by atoms with E-state index in [1.807, 2.05) is 0 Å². The Morgan fingerprint density at radius 2 is 1.13 bits per heavy atom. The lowest BCUT2D eigenvalue weighted by Crippen LogP contribution is -2.31. The van der Waals surface area contributed by atoms with Gasteiger partial charge in [0, 0.05) is 25.2 Å². The van der Waals surface area contributed by atoms with Gasteiger partial charge in [0.1, 0.15) is 34.6 Å². The van der Waals surface area contributed by atoms with Crippen molar-refractivity contribution in [2.75, 3.05) is 30.5 Å². The third kappa shape index (κ3) is 9.68. The number of nitrogens with zero attached hydrogens (tertiary/aromatic N) is 12. The zero-order valence-corrected chi connectivity index (χ0v) is 39.6. The van der Waals surface area contributed by atoms with E-state index in [2.05, 4.69) is 51.7 Å². The molecule has 0 saturated carbocycles. The van der Waals surface area contributed by atoms with Crippen LogP contribution in [0.3, 0.4) is 0 Å². The summed E-state index contributed by atoms with van der Waals surface area (Å²) < 4.78 is 77.4. The van der Waals surface area contributed by atoms with Crippen LogP contribution in [0.1, 0.15) is 92.4 Å². The number of nitrogens with one attached hydrogen (secondary N) is 2. The molecule has 4 N–H and O–H groups in total. The average molecular weight is 977 g/mol. The van der Waals surface area contributed by atoms with E-state index >= 15 is 0 Å². The molecule has 68 heavy (non-hydrogen) atoms. The fraction of sp³-hybridized carbons (Fsp3) is 0.381. The number of halogens is 1. The first kappa shape index (κ1) is 49.2. The summed E-state index contributed by atoms with van der Waals surface area (Å²) in [5.74, 6) is -1.04. The molecule has 6 aromatic rings. The van der Waals surface area contributed by atoms with Crippen molar-refractivity contribution in [3.05, 3.63) is 88.7 Å². The Morgan fingerprint density at radius 1 is 0.691 bits per heavy atom. The van der Waals surface area contributed by atoms with E-state index in [1.165, 1.54) is 30.1 Å². The summed E-state index contributed by atoms with van der Waals surface area (Å²) in [5, 5.41) is 46.9. The number of ether oxygens (including phenoxy) is 1. The summed E-state index contributed by atoms with van der Waals surface area (Å²) in [4.78, 5) is 34.8. The monoisotopic (exact) mass is 976 g/mol. The van der Waals surface area contributed by atoms with E-state index in [-0.39, 0.29) is 77.2 Å². The van der Waals surface area contributed by atoms with Crippen molar-refractivity contribution >= 4 is 43.5 Å². The standard InChI is InChI=1S/C22H27N7O5S.C20H22FN7O4S/c1-5-34-18-9-15-11-28(13(2)3)35(32,33)19(15)10-16(18)22(31)24-20-8-6-7-17(23-20)21-25-26-27-29(21)14(4)12-30;1-11(2)27-9-13-7-15(21)14(8-17(13)33(27,31)32)20(30)23-18-6-4-5-16(22-18)19-24-25-26-28(19)12(3)10-29/h6-10,13-14,30H,5,11-12H2,1-4H3,(H,23,24,31);4-8,11-12,29H,9-10H2,1-3H3,(H,22,23,30)/t14-;12-/m11/s1. The lowest BCUT2D eigenvalue weighted by Gasteiger charge is -2.18. The van der Waals surface area contributed by atoms with Gasteiger partial charge in [-0.1, -0.05) is 12.1 Å². The normalized spacial score (nSPS) is 15.9. The summed E-state index contributed by atoms with van der Waals surface area (Å²) in [6.07, 6.45) is 0. The first-order chi connectivity index (χ1) is 32.3. The maximum absolute atomic E-state index is 14.7. The van der Waals surface area contributed by atoms with E-state index in [4.69, 9.17) is 4.74 Å². The van der Waals surface area contributed by atoms with Crippen molar-refractivity contribution in [1.29, 1.82) is 0 Å². The minimum absolute atomic E-state index is 0.0543. The smallest absolute Gasteiger partial charge is 0.260 e. The highest BCUT2D eigenvalue weighted by Crippen LogP contribution is 2.37. The number of carbonyl (C=O) groups excluding carboxylic acids is 2. The number of fused-ring (bicyclic) bond motifs is 2. The van der Waals surface area contributed by atoms with E-state index < -0.39 is 49.3 Å². The molecule has 6 heterocycles. The molecular weight excluding hydrogens is 928 g/mol. The van der Waals surface area contributed by atoms with E-state index in [0.717, 1.165) is 12.1 Å². The number of sulfonamides is 2. The second kappa shape index (κ2) is 19.9. The van der Waals surface area contributed by atoms with Crippen LogP contribution in [0.15, 0.2) is 70.5 Å². The van der Waals surface area contributed by atoms with Gasteiger partial charge in [0.25, 0.3) is 11.8 Å². The number of pyridine rings is 2. The van der Waals surface area contributed by atoms with Crippen molar-refractivity contribution in [1.82, 2.24) is 59.0 Å². The van der Waals surface area contributed by atoms with E-state index in [9.17, 15) is 41.0 Å². The van der Waals surface area contributed by atoms with Gasteiger partial charge < -0.3 is 25.6 Å². The first-order valence-corrected chi connectivity index (χ1v) is 24.2. The second-order valence-corrected chi connectivity index (χ2v) is 20.0. The Morgan fingerprint density at radius 3 is 1.57 bits per heavy atom. The van der Waals surface area contributed by atoms with Crippen LogP contribution in [0.2, 0.25) is 0 Å². The van der Waals surface area contributed by atoms with Crippen LogP contribution in [0.4, 0.5) is 16.0 Å². The molecule has 26 heteroatoms. The van der Waals surface area contributed by atoms with Crippen LogP contribution >= 0.6 is 0 Å². The maximum Gasteiger partial charge on any atom is 0.260 e. The van der Waals surface area contributed by atoms with Gasteiger partial charge in [-0.2, -0.15) is 8.61 Å². The number of aliphatic hydroxyl groups excluding tert-OH is 2. The van der Waals surface area contributed by atoms with Crippen molar-refractivity contribution in [3.63, 3.8) is 0 Å². The Balaban J connectivity index is 0.000000202. The SMILES string of the molecule is CC(C)N1Cc2cc(F)c(C(=O)Nc3cccc(-c4nnnn4[C@H](C)CO)n3)cc2S1(=O)=O.CCOc1cc2c(cc1C(=O)Nc1cccc(-c3nnnn3[C@H](C)CO)n1)S(=O)(=O)N(C(C)C)C2. The highest BCUT2D eigenvalue weighted by atomic mass is 32.2. The molecule has 2 atom stereocenters. The van der Waals surface area contributed by atoms with Gasteiger partial charge in [-0.15, -0.1) is 10.2 Å². The third-order valence-electron chi connectivity index (χ3n) is 10.9. The van der Waals surface area contributed by atoms with Gasteiger partial charge in [0.15, 0.2) is 0 Å². The molecule has 2 aromatic carbocycles. The number of benzene rings is 2. The molecule has 4 aromatic heterocycles. The molecule has 0 unspecified atom stereocenters. The van der Waals surface area contributed by atoms with Crippen LogP contribution in [0.5, 0.6) is 5.75 Å². The number of amides is 2. The summed E-state index contributed by atoms with van der Waals surface area (Å²) in [7, 11) is -7.54. The molecule has 0 saturated heterocycles. The molecule has 360 valence electrons. The fourth-order valence-electron chi connectivity index (χ4n) is 7.33. The Bertz CT molecular complexity index is 3090. The largest absolute Gasteiger partial charge is 0.493 e. The summed E-state index contributed by atoms with van der Waals surface area (Å²) in [6.45, 7) is 12.5. The van der Waals surface area contributed by atoms with Gasteiger partial charge in [-0.25, -0.2) is 40.6 Å². The first-order valence-electron chi connectivity index (χ1n) is 21.3. The lowest BCUT2D eigenvalue weighted by molar-refractivity contribution is 0.101. The van der Waals surface area contributed by atoms with Crippen LogP contribution in [0, 0.1) is 5.82 Å². The topological polar surface area (TPSA) is 296 Å². The predicted molar refractivity (Wildman–Crippen MR) is 241 cm³/mol. The Labute approximate surface area is 390 Å². The minimum Gasteiger partial charge on any atom is -0.493 e. The number of aromatic nitrogens is 10. The number of hydrogen-bond acceptors (Lipinski definition) is 17. The van der Waals surface area contributed by atoms with Crippen molar-refractivity contribution in [2.24, 2.45) is 0 Å². The zero-order valence-electron chi connectivity index (χ0n) is 37.9. The molecule has 0 spiro atoms. The fourth-order valence-corrected chi connectivity index (χ4v) is 11.0. The number of hydrogen-bond donors (Lipinski definition) is 4. The molecule has 8 rings (SSSR count). The van der Waals surface area contributed by atoms with Gasteiger partial charge in [0.05, 0.1) is 52.8 Å². The molecule has 2 aliphatic rings. The average Bonchev–Trinajstić information content (AvgIpc) is 4.10. The third-order valence-corrected chi connectivity index (χ3v) is 15.1. The molecule has 23 nitrogen and oxygen atoms in total. The van der Waals surface area contributed by atoms with Gasteiger partial charge in [-0.05, 0) is 129 Å². The maximum atomic E-state index is 14.7. The molecule has 0 radical (unpaired) electrons. The minimum atomic E-state index is -3.82. The van der Waals surface area contributed by atoms with Crippen molar-refractivity contribution in [2.45, 2.75) is 95.5 Å². The van der Waals surface area contributed by atoms with Crippen LogP contribution in [0.25, 0.3) is 23.0 Å². The highest BCUT2D eigenvalue weighted by Gasteiger charge is 2.39. The van der Waals surface area contributed by atoms with E-state index in [1.54, 1.807) is 84.9 Å².